The van der Waals surface area contributed by atoms with E-state index in [0.29, 0.717) is 24.3 Å². The Morgan fingerprint density at radius 2 is 2.15 bits per heavy atom. The van der Waals surface area contributed by atoms with E-state index in [2.05, 4.69) is 11.8 Å². The number of hydrogen-bond acceptors (Lipinski definition) is 3. The van der Waals surface area contributed by atoms with Gasteiger partial charge in [-0.25, -0.2) is 4.79 Å². The van der Waals surface area contributed by atoms with Crippen LogP contribution in [0.2, 0.25) is 0 Å². The second-order valence-corrected chi connectivity index (χ2v) is 5.83. The fourth-order valence-electron chi connectivity index (χ4n) is 3.54. The molecule has 1 aliphatic heterocycles. The van der Waals surface area contributed by atoms with Crippen molar-refractivity contribution in [2.45, 2.75) is 38.6 Å². The molecule has 4 nitrogen and oxygen atoms in total. The fourth-order valence-corrected chi connectivity index (χ4v) is 3.54. The number of para-hydroxylation sites is 1. The molecule has 3 rings (SSSR count). The van der Waals surface area contributed by atoms with Gasteiger partial charge in [0, 0.05) is 6.04 Å². The lowest BCUT2D eigenvalue weighted by Gasteiger charge is -2.42. The van der Waals surface area contributed by atoms with Crippen molar-refractivity contribution in [2.75, 3.05) is 18.1 Å². The number of ether oxygens (including phenoxy) is 1. The second kappa shape index (κ2) is 5.35. The lowest BCUT2D eigenvalue weighted by atomic mass is 9.84. The van der Waals surface area contributed by atoms with E-state index in [-0.39, 0.29) is 5.56 Å². The second-order valence-electron chi connectivity index (χ2n) is 5.83. The molecule has 0 bridgehead atoms. The van der Waals surface area contributed by atoms with Crippen molar-refractivity contribution >= 4 is 11.7 Å². The van der Waals surface area contributed by atoms with E-state index in [9.17, 15) is 9.90 Å². The number of carboxylic acid groups (broad SMARTS) is 1. The third kappa shape index (κ3) is 2.23. The molecular formula is C16H21NO3. The summed E-state index contributed by atoms with van der Waals surface area (Å²) in [5, 5.41) is 9.29. The molecule has 1 N–H and O–H groups in total. The molecule has 1 heterocycles. The van der Waals surface area contributed by atoms with E-state index in [1.54, 1.807) is 6.07 Å². The molecule has 2 aliphatic rings. The number of hydrogen-bond donors (Lipinski definition) is 1. The minimum atomic E-state index is -0.916. The summed E-state index contributed by atoms with van der Waals surface area (Å²) >= 11 is 0. The predicted octanol–water partition coefficient (Wildman–Crippen LogP) is 3.16. The smallest absolute Gasteiger partial charge is 0.339 e. The zero-order chi connectivity index (χ0) is 14.1. The summed E-state index contributed by atoms with van der Waals surface area (Å²) in [4.78, 5) is 13.7. The molecule has 0 radical (unpaired) electrons. The van der Waals surface area contributed by atoms with Gasteiger partial charge in [-0.3, -0.25) is 0 Å². The van der Waals surface area contributed by atoms with Crippen LogP contribution in [0.4, 0.5) is 5.69 Å². The van der Waals surface area contributed by atoms with Gasteiger partial charge in [0.2, 0.25) is 0 Å². The molecule has 4 heteroatoms. The highest BCUT2D eigenvalue weighted by Crippen LogP contribution is 2.39. The first-order chi connectivity index (χ1) is 9.68. The molecule has 20 heavy (non-hydrogen) atoms. The van der Waals surface area contributed by atoms with Crippen molar-refractivity contribution in [2.24, 2.45) is 5.92 Å². The Morgan fingerprint density at radius 3 is 2.90 bits per heavy atom. The van der Waals surface area contributed by atoms with Crippen molar-refractivity contribution in [3.8, 4) is 5.75 Å². The average molecular weight is 275 g/mol. The van der Waals surface area contributed by atoms with E-state index < -0.39 is 5.97 Å². The van der Waals surface area contributed by atoms with Gasteiger partial charge in [0.25, 0.3) is 0 Å². The standard InChI is InChI=1S/C16H21NO3/c1-11-5-2-3-7-13(11)17-9-10-20-15-12(16(18)19)6-4-8-14(15)17/h4,6,8,11,13H,2-3,5,7,9-10H2,1H3,(H,18,19). The van der Waals surface area contributed by atoms with Gasteiger partial charge >= 0.3 is 5.97 Å². The van der Waals surface area contributed by atoms with Gasteiger partial charge in [0.1, 0.15) is 12.2 Å². The lowest BCUT2D eigenvalue weighted by molar-refractivity contribution is 0.0691. The highest BCUT2D eigenvalue weighted by Gasteiger charge is 2.32. The minimum absolute atomic E-state index is 0.274. The van der Waals surface area contributed by atoms with Crippen LogP contribution in [0.25, 0.3) is 0 Å². The summed E-state index contributed by atoms with van der Waals surface area (Å²) in [6.45, 7) is 3.73. The summed E-state index contributed by atoms with van der Waals surface area (Å²) in [5.41, 5.74) is 1.23. The number of nitrogens with zero attached hydrogens (tertiary/aromatic N) is 1. The van der Waals surface area contributed by atoms with Crippen LogP contribution in [0.1, 0.15) is 43.0 Å². The molecule has 1 fully saturated rings. The van der Waals surface area contributed by atoms with Gasteiger partial charge in [-0.2, -0.15) is 0 Å². The highest BCUT2D eigenvalue weighted by atomic mass is 16.5. The zero-order valence-corrected chi connectivity index (χ0v) is 11.8. The average Bonchev–Trinajstić information content (AvgIpc) is 2.46. The molecule has 108 valence electrons. The van der Waals surface area contributed by atoms with Crippen LogP contribution in [0, 0.1) is 5.92 Å². The zero-order valence-electron chi connectivity index (χ0n) is 11.8. The first kappa shape index (κ1) is 13.3. The Hall–Kier alpha value is -1.71. The summed E-state index contributed by atoms with van der Waals surface area (Å²) < 4.78 is 5.65. The van der Waals surface area contributed by atoms with Crippen LogP contribution < -0.4 is 9.64 Å². The summed E-state index contributed by atoms with van der Waals surface area (Å²) in [6.07, 6.45) is 5.03. The van der Waals surface area contributed by atoms with Crippen molar-refractivity contribution in [3.05, 3.63) is 23.8 Å². The van der Waals surface area contributed by atoms with Gasteiger partial charge in [-0.1, -0.05) is 25.8 Å². The van der Waals surface area contributed by atoms with E-state index >= 15 is 0 Å². The monoisotopic (exact) mass is 275 g/mol. The molecule has 0 aromatic heterocycles. The topological polar surface area (TPSA) is 49.8 Å². The molecule has 1 aromatic rings. The number of anilines is 1. The number of fused-ring (bicyclic) bond motifs is 1. The van der Waals surface area contributed by atoms with Crippen LogP contribution in [0.3, 0.4) is 0 Å². The van der Waals surface area contributed by atoms with Crippen molar-refractivity contribution in [1.29, 1.82) is 0 Å². The maximum atomic E-state index is 11.3. The maximum Gasteiger partial charge on any atom is 0.339 e. The molecule has 0 spiro atoms. The maximum absolute atomic E-state index is 11.3. The Labute approximate surface area is 119 Å². The van der Waals surface area contributed by atoms with E-state index in [1.165, 1.54) is 25.7 Å². The van der Waals surface area contributed by atoms with Crippen molar-refractivity contribution in [1.82, 2.24) is 0 Å². The minimum Gasteiger partial charge on any atom is -0.489 e. The quantitative estimate of drug-likeness (QED) is 0.900. The molecule has 1 aliphatic carbocycles. The van der Waals surface area contributed by atoms with Gasteiger partial charge in [0.15, 0.2) is 5.75 Å². The number of aromatic carboxylic acids is 1. The number of carbonyl (C=O) groups is 1. The lowest BCUT2D eigenvalue weighted by Crippen LogP contribution is -2.46. The summed E-state index contributed by atoms with van der Waals surface area (Å²) in [6, 6.07) is 5.93. The Kier molecular flexibility index (Phi) is 3.55. The SMILES string of the molecule is CC1CCCCC1N1CCOc2c(C(=O)O)cccc21. The summed E-state index contributed by atoms with van der Waals surface area (Å²) in [7, 11) is 0. The summed E-state index contributed by atoms with van der Waals surface area (Å²) in [5.74, 6) is 0.285. The first-order valence-electron chi connectivity index (χ1n) is 7.44. The van der Waals surface area contributed by atoms with Gasteiger partial charge in [0.05, 0.1) is 12.2 Å². The van der Waals surface area contributed by atoms with Gasteiger partial charge in [-0.05, 0) is 30.9 Å². The van der Waals surface area contributed by atoms with Crippen LogP contribution in [0.5, 0.6) is 5.75 Å². The number of benzene rings is 1. The Balaban J connectivity index is 1.97. The predicted molar refractivity (Wildman–Crippen MR) is 77.7 cm³/mol. The van der Waals surface area contributed by atoms with Crippen LogP contribution in [0.15, 0.2) is 18.2 Å². The van der Waals surface area contributed by atoms with E-state index in [0.717, 1.165) is 12.2 Å². The number of rotatable bonds is 2. The normalized spacial score (nSPS) is 25.8. The largest absolute Gasteiger partial charge is 0.489 e. The fraction of sp³-hybridized carbons (Fsp3) is 0.562. The first-order valence-corrected chi connectivity index (χ1v) is 7.44. The van der Waals surface area contributed by atoms with Crippen molar-refractivity contribution in [3.63, 3.8) is 0 Å². The molecular weight excluding hydrogens is 254 g/mol. The molecule has 1 aromatic carbocycles. The van der Waals surface area contributed by atoms with Crippen LogP contribution >= 0.6 is 0 Å². The Bertz CT molecular complexity index is 514. The third-order valence-electron chi connectivity index (χ3n) is 4.58. The molecule has 2 unspecified atom stereocenters. The van der Waals surface area contributed by atoms with E-state index in [4.69, 9.17) is 4.74 Å². The molecule has 0 saturated heterocycles. The molecule has 2 atom stereocenters. The number of carboxylic acids is 1. The molecule has 0 amide bonds. The van der Waals surface area contributed by atoms with Crippen LogP contribution in [-0.2, 0) is 0 Å². The van der Waals surface area contributed by atoms with Gasteiger partial charge in [-0.15, -0.1) is 0 Å². The molecule has 1 saturated carbocycles. The van der Waals surface area contributed by atoms with Crippen molar-refractivity contribution < 1.29 is 14.6 Å². The van der Waals surface area contributed by atoms with E-state index in [1.807, 2.05) is 12.1 Å². The van der Waals surface area contributed by atoms with Gasteiger partial charge < -0.3 is 14.7 Å². The third-order valence-corrected chi connectivity index (χ3v) is 4.58. The highest BCUT2D eigenvalue weighted by molar-refractivity contribution is 5.93. The van der Waals surface area contributed by atoms with Crippen LogP contribution in [-0.4, -0.2) is 30.3 Å². The Morgan fingerprint density at radius 1 is 1.35 bits per heavy atom.